The van der Waals surface area contributed by atoms with Crippen molar-refractivity contribution in [2.45, 2.75) is 45.1 Å². The lowest BCUT2D eigenvalue weighted by Crippen LogP contribution is -2.09. The van der Waals surface area contributed by atoms with E-state index < -0.39 is 0 Å². The van der Waals surface area contributed by atoms with E-state index in [9.17, 15) is 9.90 Å². The topological polar surface area (TPSA) is 37.3 Å². The van der Waals surface area contributed by atoms with Crippen molar-refractivity contribution in [2.75, 3.05) is 0 Å². The molecule has 2 aromatic rings. The standard InChI is InChI=1S/C26H28O2S/c1-17-14-20(27)10-12-22(17)25(23-13-11-21(28)15-18(23)2)24-9-7-6-8-19(24)16-29-26(3,4)5/h6-15,27H,16H2,1-5H3. The van der Waals surface area contributed by atoms with Crippen LogP contribution < -0.4 is 0 Å². The summed E-state index contributed by atoms with van der Waals surface area (Å²) in [6.07, 6.45) is 5.25. The molecular weight excluding hydrogens is 376 g/mol. The fourth-order valence-corrected chi connectivity index (χ4v) is 4.30. The number of carbonyl (C=O) groups is 1. The minimum absolute atomic E-state index is 0.0181. The average molecular weight is 405 g/mol. The Kier molecular flexibility index (Phi) is 6.18. The lowest BCUT2D eigenvalue weighted by atomic mass is 9.84. The van der Waals surface area contributed by atoms with Gasteiger partial charge in [0.25, 0.3) is 0 Å². The molecule has 0 aliphatic heterocycles. The Morgan fingerprint density at radius 2 is 1.72 bits per heavy atom. The van der Waals surface area contributed by atoms with E-state index in [0.717, 1.165) is 33.6 Å². The Balaban J connectivity index is 2.25. The highest BCUT2D eigenvalue weighted by molar-refractivity contribution is 7.99. The summed E-state index contributed by atoms with van der Waals surface area (Å²) in [4.78, 5) is 11.9. The van der Waals surface area contributed by atoms with Gasteiger partial charge in [0, 0.05) is 10.5 Å². The van der Waals surface area contributed by atoms with Crippen LogP contribution in [-0.2, 0) is 10.5 Å². The van der Waals surface area contributed by atoms with Crippen molar-refractivity contribution in [3.05, 3.63) is 94.1 Å². The van der Waals surface area contributed by atoms with Gasteiger partial charge in [0.15, 0.2) is 5.78 Å². The summed E-state index contributed by atoms with van der Waals surface area (Å²) in [7, 11) is 0. The summed E-state index contributed by atoms with van der Waals surface area (Å²) >= 11 is 1.92. The van der Waals surface area contributed by atoms with Crippen LogP contribution in [0.15, 0.2) is 71.8 Å². The number of aryl methyl sites for hydroxylation is 1. The predicted molar refractivity (Wildman–Crippen MR) is 124 cm³/mol. The quantitative estimate of drug-likeness (QED) is 0.622. The SMILES string of the molecule is CC1=CC(=O)C=CC1=C(c1ccc(O)cc1C)c1ccccc1CSC(C)(C)C. The highest BCUT2D eigenvalue weighted by Crippen LogP contribution is 2.38. The van der Waals surface area contributed by atoms with Crippen LogP contribution in [0.5, 0.6) is 5.75 Å². The molecule has 0 spiro atoms. The van der Waals surface area contributed by atoms with Gasteiger partial charge in [0.1, 0.15) is 5.75 Å². The number of hydrogen-bond donors (Lipinski definition) is 1. The molecule has 0 radical (unpaired) electrons. The van der Waals surface area contributed by atoms with Gasteiger partial charge in [-0.1, -0.05) is 57.2 Å². The summed E-state index contributed by atoms with van der Waals surface area (Å²) in [5, 5.41) is 9.93. The number of carbonyl (C=O) groups excluding carboxylic acids is 1. The summed E-state index contributed by atoms with van der Waals surface area (Å²) in [5.41, 5.74) is 7.61. The maximum Gasteiger partial charge on any atom is 0.178 e. The summed E-state index contributed by atoms with van der Waals surface area (Å²) < 4.78 is 0.169. The van der Waals surface area contributed by atoms with Gasteiger partial charge in [-0.2, -0.15) is 11.8 Å². The van der Waals surface area contributed by atoms with Gasteiger partial charge < -0.3 is 5.11 Å². The molecule has 0 heterocycles. The van der Waals surface area contributed by atoms with Crippen LogP contribution in [0.2, 0.25) is 0 Å². The minimum atomic E-state index is 0.0181. The molecule has 1 N–H and O–H groups in total. The van der Waals surface area contributed by atoms with Crippen molar-refractivity contribution < 1.29 is 9.90 Å². The van der Waals surface area contributed by atoms with Crippen LogP contribution in [0.4, 0.5) is 0 Å². The van der Waals surface area contributed by atoms with E-state index >= 15 is 0 Å². The molecule has 0 bridgehead atoms. The first-order valence-corrected chi connectivity index (χ1v) is 10.8. The Morgan fingerprint density at radius 1 is 1.00 bits per heavy atom. The minimum Gasteiger partial charge on any atom is -0.508 e. The van der Waals surface area contributed by atoms with Crippen molar-refractivity contribution >= 4 is 23.1 Å². The molecule has 0 saturated heterocycles. The van der Waals surface area contributed by atoms with Gasteiger partial charge in [-0.05, 0) is 77.1 Å². The molecule has 1 aliphatic carbocycles. The predicted octanol–water partition coefficient (Wildman–Crippen LogP) is 6.62. The molecular formula is C26H28O2S. The lowest BCUT2D eigenvalue weighted by molar-refractivity contribution is -0.110. The van der Waals surface area contributed by atoms with Crippen molar-refractivity contribution in [2.24, 2.45) is 0 Å². The molecule has 0 fully saturated rings. The number of phenolic OH excluding ortho intramolecular Hbond substituents is 1. The molecule has 2 aromatic carbocycles. The first-order chi connectivity index (χ1) is 13.7. The molecule has 0 saturated carbocycles. The Morgan fingerprint density at radius 3 is 2.38 bits per heavy atom. The maximum absolute atomic E-state index is 11.9. The fourth-order valence-electron chi connectivity index (χ4n) is 3.46. The van der Waals surface area contributed by atoms with E-state index in [1.165, 1.54) is 11.1 Å². The van der Waals surface area contributed by atoms with Gasteiger partial charge in [-0.15, -0.1) is 0 Å². The Labute approximate surface area is 178 Å². The molecule has 0 amide bonds. The maximum atomic E-state index is 11.9. The van der Waals surface area contributed by atoms with Crippen molar-refractivity contribution in [3.63, 3.8) is 0 Å². The second-order valence-electron chi connectivity index (χ2n) is 8.41. The van der Waals surface area contributed by atoms with E-state index in [2.05, 4.69) is 45.0 Å². The van der Waals surface area contributed by atoms with Gasteiger partial charge >= 0.3 is 0 Å². The number of phenols is 1. The van der Waals surface area contributed by atoms with Gasteiger partial charge in [-0.3, -0.25) is 4.79 Å². The Hall–Kier alpha value is -2.52. The highest BCUT2D eigenvalue weighted by atomic mass is 32.2. The molecule has 2 nitrogen and oxygen atoms in total. The smallest absolute Gasteiger partial charge is 0.178 e. The van der Waals surface area contributed by atoms with E-state index in [1.807, 2.05) is 37.8 Å². The van der Waals surface area contributed by atoms with Crippen molar-refractivity contribution in [3.8, 4) is 5.75 Å². The molecule has 3 heteroatoms. The number of allylic oxidation sites excluding steroid dienone is 5. The van der Waals surface area contributed by atoms with Crippen LogP contribution >= 0.6 is 11.8 Å². The molecule has 0 atom stereocenters. The number of hydrogen-bond acceptors (Lipinski definition) is 3. The van der Waals surface area contributed by atoms with E-state index in [4.69, 9.17) is 0 Å². The van der Waals surface area contributed by atoms with Crippen LogP contribution in [-0.4, -0.2) is 15.6 Å². The molecule has 0 aromatic heterocycles. The average Bonchev–Trinajstić information content (AvgIpc) is 2.63. The zero-order valence-electron chi connectivity index (χ0n) is 17.7. The first-order valence-electron chi connectivity index (χ1n) is 9.83. The summed E-state index contributed by atoms with van der Waals surface area (Å²) in [5.74, 6) is 1.18. The first kappa shape index (κ1) is 21.2. The lowest BCUT2D eigenvalue weighted by Gasteiger charge is -2.23. The molecule has 3 rings (SSSR count). The van der Waals surface area contributed by atoms with Gasteiger partial charge in [0.2, 0.25) is 0 Å². The fraction of sp³-hybridized carbons (Fsp3) is 0.269. The highest BCUT2D eigenvalue weighted by Gasteiger charge is 2.20. The van der Waals surface area contributed by atoms with Crippen LogP contribution in [0, 0.1) is 6.92 Å². The normalized spacial score (nSPS) is 16.0. The second-order valence-corrected chi connectivity index (χ2v) is 10.2. The zero-order chi connectivity index (χ0) is 21.2. The van der Waals surface area contributed by atoms with Gasteiger partial charge in [0.05, 0.1) is 0 Å². The zero-order valence-corrected chi connectivity index (χ0v) is 18.6. The molecule has 29 heavy (non-hydrogen) atoms. The van der Waals surface area contributed by atoms with E-state index in [0.29, 0.717) is 0 Å². The van der Waals surface area contributed by atoms with E-state index in [-0.39, 0.29) is 16.3 Å². The number of benzene rings is 2. The third kappa shape index (κ3) is 5.10. The number of ketones is 1. The third-order valence-corrected chi connectivity index (χ3v) is 6.22. The van der Waals surface area contributed by atoms with Crippen LogP contribution in [0.25, 0.3) is 5.57 Å². The molecule has 150 valence electrons. The number of thioether (sulfide) groups is 1. The number of rotatable bonds is 4. The molecule has 0 unspecified atom stereocenters. The van der Waals surface area contributed by atoms with E-state index in [1.54, 1.807) is 24.3 Å². The van der Waals surface area contributed by atoms with Crippen molar-refractivity contribution in [1.29, 1.82) is 0 Å². The molecule has 1 aliphatic rings. The second kappa shape index (κ2) is 8.46. The van der Waals surface area contributed by atoms with Gasteiger partial charge in [-0.25, -0.2) is 0 Å². The largest absolute Gasteiger partial charge is 0.508 e. The monoisotopic (exact) mass is 404 g/mol. The van der Waals surface area contributed by atoms with Crippen molar-refractivity contribution in [1.82, 2.24) is 0 Å². The summed E-state index contributed by atoms with van der Waals surface area (Å²) in [6, 6.07) is 14.0. The Bertz CT molecular complexity index is 1030. The third-order valence-electron chi connectivity index (χ3n) is 4.89. The number of aromatic hydroxyl groups is 1. The summed E-state index contributed by atoms with van der Waals surface area (Å²) in [6.45, 7) is 10.7. The van der Waals surface area contributed by atoms with Crippen LogP contribution in [0.3, 0.4) is 0 Å². The van der Waals surface area contributed by atoms with Crippen LogP contribution in [0.1, 0.15) is 49.9 Å².